The van der Waals surface area contributed by atoms with Gasteiger partial charge in [-0.3, -0.25) is 4.79 Å². The lowest BCUT2D eigenvalue weighted by Crippen LogP contribution is -2.52. The molecule has 0 aromatic heterocycles. The molecule has 1 aliphatic rings. The Kier molecular flexibility index (Phi) is 5.13. The summed E-state index contributed by atoms with van der Waals surface area (Å²) in [5.41, 5.74) is 0. The Morgan fingerprint density at radius 1 is 1.45 bits per heavy atom. The van der Waals surface area contributed by atoms with E-state index in [-0.39, 0.29) is 24.7 Å². The maximum Gasteiger partial charge on any atom is 0.260 e. The lowest BCUT2D eigenvalue weighted by molar-refractivity contribution is -0.146. The fourth-order valence-electron chi connectivity index (χ4n) is 2.10. The quantitative estimate of drug-likeness (QED) is 0.860. The summed E-state index contributed by atoms with van der Waals surface area (Å²) in [6, 6.07) is 4.96. The standard InChI is InChI=1S/C14H17Cl2NO3/c1-9-10(2)19-6-5-17(9)14(18)8-20-13-4-3-11(15)7-12(13)16/h3-4,7,9-10H,5-6,8H2,1-2H3. The molecule has 1 aromatic rings. The first-order chi connectivity index (χ1) is 9.49. The third-order valence-corrected chi connectivity index (χ3v) is 3.98. The zero-order valence-electron chi connectivity index (χ0n) is 11.4. The highest BCUT2D eigenvalue weighted by molar-refractivity contribution is 6.35. The van der Waals surface area contributed by atoms with Gasteiger partial charge in [0.25, 0.3) is 5.91 Å². The van der Waals surface area contributed by atoms with Crippen molar-refractivity contribution in [1.29, 1.82) is 0 Å². The summed E-state index contributed by atoms with van der Waals surface area (Å²) in [7, 11) is 0. The van der Waals surface area contributed by atoms with Gasteiger partial charge in [-0.25, -0.2) is 0 Å². The number of amides is 1. The molecule has 0 spiro atoms. The van der Waals surface area contributed by atoms with Gasteiger partial charge < -0.3 is 14.4 Å². The summed E-state index contributed by atoms with van der Waals surface area (Å²) in [6.07, 6.45) is 0.0341. The second-order valence-corrected chi connectivity index (χ2v) is 5.61. The minimum absolute atomic E-state index is 0.0341. The van der Waals surface area contributed by atoms with Crippen LogP contribution in [0.1, 0.15) is 13.8 Å². The highest BCUT2D eigenvalue weighted by atomic mass is 35.5. The lowest BCUT2D eigenvalue weighted by Gasteiger charge is -2.37. The van der Waals surface area contributed by atoms with Gasteiger partial charge in [-0.05, 0) is 32.0 Å². The predicted octanol–water partition coefficient (Wildman–Crippen LogP) is 3.01. The average Bonchev–Trinajstić information content (AvgIpc) is 2.40. The van der Waals surface area contributed by atoms with Crippen LogP contribution in [0.4, 0.5) is 0 Å². The first-order valence-corrected chi connectivity index (χ1v) is 7.23. The Morgan fingerprint density at radius 2 is 2.20 bits per heavy atom. The Labute approximate surface area is 128 Å². The second kappa shape index (κ2) is 6.66. The fraction of sp³-hybridized carbons (Fsp3) is 0.500. The van der Waals surface area contributed by atoms with Gasteiger partial charge >= 0.3 is 0 Å². The lowest BCUT2D eigenvalue weighted by atomic mass is 10.1. The molecule has 1 amide bonds. The van der Waals surface area contributed by atoms with E-state index < -0.39 is 0 Å². The topological polar surface area (TPSA) is 38.8 Å². The fourth-order valence-corrected chi connectivity index (χ4v) is 2.56. The third kappa shape index (κ3) is 3.57. The number of hydrogen-bond acceptors (Lipinski definition) is 3. The van der Waals surface area contributed by atoms with Crippen LogP contribution in [-0.4, -0.2) is 42.7 Å². The van der Waals surface area contributed by atoms with Gasteiger partial charge in [0.15, 0.2) is 6.61 Å². The summed E-state index contributed by atoms with van der Waals surface area (Å²) >= 11 is 11.8. The molecule has 0 saturated carbocycles. The molecule has 2 atom stereocenters. The molecule has 6 heteroatoms. The molecule has 0 aliphatic carbocycles. The second-order valence-electron chi connectivity index (χ2n) is 4.77. The SMILES string of the molecule is CC1OCCN(C(=O)COc2ccc(Cl)cc2Cl)C1C. The largest absolute Gasteiger partial charge is 0.482 e. The average molecular weight is 318 g/mol. The number of benzene rings is 1. The Hall–Kier alpha value is -0.970. The molecule has 0 radical (unpaired) electrons. The molecule has 4 nitrogen and oxygen atoms in total. The molecular formula is C14H17Cl2NO3. The van der Waals surface area contributed by atoms with Crippen LogP contribution in [0.25, 0.3) is 0 Å². The number of halogens is 2. The summed E-state index contributed by atoms with van der Waals surface area (Å²) in [5.74, 6) is 0.386. The van der Waals surface area contributed by atoms with Gasteiger partial charge in [-0.1, -0.05) is 23.2 Å². The van der Waals surface area contributed by atoms with Gasteiger partial charge in [0.05, 0.1) is 23.8 Å². The van der Waals surface area contributed by atoms with E-state index in [1.807, 2.05) is 13.8 Å². The molecule has 20 heavy (non-hydrogen) atoms. The Morgan fingerprint density at radius 3 is 2.90 bits per heavy atom. The van der Waals surface area contributed by atoms with Crippen LogP contribution in [0, 0.1) is 0 Å². The molecule has 110 valence electrons. The van der Waals surface area contributed by atoms with E-state index in [4.69, 9.17) is 32.7 Å². The van der Waals surface area contributed by atoms with E-state index in [1.54, 1.807) is 23.1 Å². The number of carbonyl (C=O) groups excluding carboxylic acids is 1. The summed E-state index contributed by atoms with van der Waals surface area (Å²) in [4.78, 5) is 14.0. The van der Waals surface area contributed by atoms with Crippen LogP contribution >= 0.6 is 23.2 Å². The first kappa shape index (κ1) is 15.4. The van der Waals surface area contributed by atoms with Gasteiger partial charge in [0.2, 0.25) is 0 Å². The molecule has 1 aromatic carbocycles. The van der Waals surface area contributed by atoms with Crippen LogP contribution in [0.3, 0.4) is 0 Å². The molecular weight excluding hydrogens is 301 g/mol. The van der Waals surface area contributed by atoms with E-state index in [0.717, 1.165) is 0 Å². The highest BCUT2D eigenvalue weighted by Crippen LogP contribution is 2.27. The first-order valence-electron chi connectivity index (χ1n) is 6.48. The number of carbonyl (C=O) groups is 1. The molecule has 1 fully saturated rings. The van der Waals surface area contributed by atoms with Crippen molar-refractivity contribution in [2.24, 2.45) is 0 Å². The van der Waals surface area contributed by atoms with Crippen LogP contribution in [0.2, 0.25) is 10.0 Å². The van der Waals surface area contributed by atoms with Gasteiger partial charge in [0, 0.05) is 11.6 Å². The number of rotatable bonds is 3. The van der Waals surface area contributed by atoms with Gasteiger partial charge in [0.1, 0.15) is 5.75 Å². The maximum absolute atomic E-state index is 12.2. The number of morpholine rings is 1. The molecule has 2 unspecified atom stereocenters. The predicted molar refractivity (Wildman–Crippen MR) is 78.5 cm³/mol. The number of hydrogen-bond donors (Lipinski definition) is 0. The monoisotopic (exact) mass is 317 g/mol. The summed E-state index contributed by atoms with van der Waals surface area (Å²) in [6.45, 7) is 5.03. The van der Waals surface area contributed by atoms with Crippen molar-refractivity contribution in [3.63, 3.8) is 0 Å². The van der Waals surface area contributed by atoms with Crippen molar-refractivity contribution in [3.05, 3.63) is 28.2 Å². The number of ether oxygens (including phenoxy) is 2. The molecule has 1 saturated heterocycles. The van der Waals surface area contributed by atoms with E-state index in [0.29, 0.717) is 28.9 Å². The van der Waals surface area contributed by atoms with E-state index in [2.05, 4.69) is 0 Å². The van der Waals surface area contributed by atoms with Crippen molar-refractivity contribution in [2.45, 2.75) is 26.0 Å². The van der Waals surface area contributed by atoms with Crippen LogP contribution in [0.5, 0.6) is 5.75 Å². The van der Waals surface area contributed by atoms with Crippen LogP contribution in [0.15, 0.2) is 18.2 Å². The number of nitrogens with zero attached hydrogens (tertiary/aromatic N) is 1. The van der Waals surface area contributed by atoms with Crippen LogP contribution < -0.4 is 4.74 Å². The van der Waals surface area contributed by atoms with E-state index in [9.17, 15) is 4.79 Å². The van der Waals surface area contributed by atoms with Crippen molar-refractivity contribution >= 4 is 29.1 Å². The normalized spacial score (nSPS) is 22.7. The molecule has 0 N–H and O–H groups in total. The summed E-state index contributed by atoms with van der Waals surface area (Å²) in [5, 5.41) is 0.929. The highest BCUT2D eigenvalue weighted by Gasteiger charge is 2.29. The van der Waals surface area contributed by atoms with Gasteiger partial charge in [-0.15, -0.1) is 0 Å². The third-order valence-electron chi connectivity index (χ3n) is 3.45. The van der Waals surface area contributed by atoms with E-state index >= 15 is 0 Å². The molecule has 2 rings (SSSR count). The van der Waals surface area contributed by atoms with Crippen molar-refractivity contribution in [3.8, 4) is 5.75 Å². The molecule has 1 heterocycles. The zero-order chi connectivity index (χ0) is 14.7. The van der Waals surface area contributed by atoms with Crippen molar-refractivity contribution in [1.82, 2.24) is 4.90 Å². The zero-order valence-corrected chi connectivity index (χ0v) is 12.9. The van der Waals surface area contributed by atoms with Crippen LogP contribution in [-0.2, 0) is 9.53 Å². The Bertz CT molecular complexity index is 495. The maximum atomic E-state index is 12.2. The summed E-state index contributed by atoms with van der Waals surface area (Å²) < 4.78 is 11.0. The molecule has 0 bridgehead atoms. The minimum Gasteiger partial charge on any atom is -0.482 e. The van der Waals surface area contributed by atoms with Gasteiger partial charge in [-0.2, -0.15) is 0 Å². The smallest absolute Gasteiger partial charge is 0.260 e. The van der Waals surface area contributed by atoms with Crippen molar-refractivity contribution < 1.29 is 14.3 Å². The minimum atomic E-state index is -0.0707. The Balaban J connectivity index is 1.94. The van der Waals surface area contributed by atoms with Crippen molar-refractivity contribution in [2.75, 3.05) is 19.8 Å². The van der Waals surface area contributed by atoms with E-state index in [1.165, 1.54) is 0 Å². The molecule has 1 aliphatic heterocycles.